The number of hydrogen-bond donors (Lipinski definition) is 2. The molecule has 0 heterocycles. The number of carbonyl (C=O) groups excluding carboxylic acids is 1. The van der Waals surface area contributed by atoms with Gasteiger partial charge in [-0.1, -0.05) is 19.1 Å². The van der Waals surface area contributed by atoms with E-state index >= 15 is 0 Å². The van der Waals surface area contributed by atoms with Crippen LogP contribution in [0.1, 0.15) is 30.6 Å². The van der Waals surface area contributed by atoms with Crippen molar-refractivity contribution in [2.24, 2.45) is 0 Å². The lowest BCUT2D eigenvalue weighted by molar-refractivity contribution is 0.101. The first-order valence-electron chi connectivity index (χ1n) is 7.38. The third-order valence-electron chi connectivity index (χ3n) is 3.19. The van der Waals surface area contributed by atoms with Crippen LogP contribution in [-0.4, -0.2) is 20.0 Å². The fraction of sp³-hybridized carbons (Fsp3) is 0.235. The Morgan fingerprint density at radius 2 is 1.65 bits per heavy atom. The van der Waals surface area contributed by atoms with Gasteiger partial charge in [0.15, 0.2) is 5.78 Å². The van der Waals surface area contributed by atoms with E-state index in [9.17, 15) is 13.2 Å². The largest absolute Gasteiger partial charge is 0.356 e. The summed E-state index contributed by atoms with van der Waals surface area (Å²) in [6.07, 6.45) is 0.571. The van der Waals surface area contributed by atoms with Gasteiger partial charge in [0.2, 0.25) is 10.0 Å². The molecule has 2 N–H and O–H groups in total. The fourth-order valence-electron chi connectivity index (χ4n) is 2.10. The Morgan fingerprint density at radius 3 is 2.26 bits per heavy atom. The van der Waals surface area contributed by atoms with Crippen LogP contribution in [0.25, 0.3) is 0 Å². The first kappa shape index (κ1) is 17.0. The smallest absolute Gasteiger partial charge is 0.232 e. The first-order valence-corrected chi connectivity index (χ1v) is 9.03. The quantitative estimate of drug-likeness (QED) is 0.757. The molecule has 0 aromatic heterocycles. The Bertz CT molecular complexity index is 784. The van der Waals surface area contributed by atoms with Gasteiger partial charge in [0.1, 0.15) is 0 Å². The van der Waals surface area contributed by atoms with Gasteiger partial charge in [-0.3, -0.25) is 9.52 Å². The number of Topliss-reactive ketones (excluding diaryl/α,β-unsaturated/α-hetero) is 1. The van der Waals surface area contributed by atoms with Gasteiger partial charge in [0.25, 0.3) is 0 Å². The van der Waals surface area contributed by atoms with Crippen LogP contribution in [0.15, 0.2) is 48.5 Å². The summed E-state index contributed by atoms with van der Waals surface area (Å²) in [5.74, 6) is 0.111. The zero-order valence-corrected chi connectivity index (χ0v) is 14.0. The molecule has 5 nitrogen and oxygen atoms in total. The van der Waals surface area contributed by atoms with Crippen LogP contribution in [0.4, 0.5) is 17.1 Å². The molecule has 0 aliphatic heterocycles. The molecule has 0 saturated carbocycles. The number of anilines is 3. The third kappa shape index (κ3) is 5.10. The Morgan fingerprint density at radius 1 is 1.00 bits per heavy atom. The molecule has 23 heavy (non-hydrogen) atoms. The predicted molar refractivity (Wildman–Crippen MR) is 93.9 cm³/mol. The highest BCUT2D eigenvalue weighted by atomic mass is 32.2. The molecule has 0 saturated heterocycles. The lowest BCUT2D eigenvalue weighted by Crippen LogP contribution is -2.15. The third-order valence-corrected chi connectivity index (χ3v) is 4.68. The molecular weight excluding hydrogens is 312 g/mol. The standard InChI is InChI=1S/C17H20N2O3S/c1-3-11-23(21,22)19-16-9-7-15(8-10-16)18-17-6-4-5-14(12-17)13(2)20/h4-10,12,18-19H,3,11H2,1-2H3. The summed E-state index contributed by atoms with van der Waals surface area (Å²) in [4.78, 5) is 11.4. The van der Waals surface area contributed by atoms with E-state index in [1.54, 1.807) is 36.4 Å². The lowest BCUT2D eigenvalue weighted by Gasteiger charge is -2.10. The topological polar surface area (TPSA) is 75.3 Å². The molecule has 6 heteroatoms. The number of sulfonamides is 1. The summed E-state index contributed by atoms with van der Waals surface area (Å²) in [7, 11) is -3.28. The molecule has 0 fully saturated rings. The van der Waals surface area contributed by atoms with Crippen LogP contribution in [-0.2, 0) is 10.0 Å². The molecule has 0 aliphatic carbocycles. The molecule has 0 unspecified atom stereocenters. The molecule has 122 valence electrons. The minimum atomic E-state index is -3.28. The predicted octanol–water partition coefficient (Wildman–Crippen LogP) is 3.78. The fourth-order valence-corrected chi connectivity index (χ4v) is 3.24. The van der Waals surface area contributed by atoms with E-state index < -0.39 is 10.0 Å². The summed E-state index contributed by atoms with van der Waals surface area (Å²) in [5.41, 5.74) is 2.78. The number of carbonyl (C=O) groups is 1. The Hall–Kier alpha value is -2.34. The van der Waals surface area contributed by atoms with Crippen molar-refractivity contribution in [2.75, 3.05) is 15.8 Å². The van der Waals surface area contributed by atoms with Crippen LogP contribution in [0.5, 0.6) is 0 Å². The van der Waals surface area contributed by atoms with Gasteiger partial charge in [0, 0.05) is 22.6 Å². The van der Waals surface area contributed by atoms with E-state index in [1.165, 1.54) is 6.92 Å². The average molecular weight is 332 g/mol. The van der Waals surface area contributed by atoms with Gasteiger partial charge < -0.3 is 5.32 Å². The molecule has 0 radical (unpaired) electrons. The van der Waals surface area contributed by atoms with E-state index in [0.29, 0.717) is 17.7 Å². The van der Waals surface area contributed by atoms with Gasteiger partial charge in [0.05, 0.1) is 5.75 Å². The second kappa shape index (κ2) is 7.28. The maximum atomic E-state index is 11.7. The molecule has 2 aromatic rings. The second-order valence-corrected chi connectivity index (χ2v) is 7.10. The maximum Gasteiger partial charge on any atom is 0.232 e. The van der Waals surface area contributed by atoms with Crippen molar-refractivity contribution in [1.29, 1.82) is 0 Å². The monoisotopic (exact) mass is 332 g/mol. The Labute approximate surface area is 136 Å². The highest BCUT2D eigenvalue weighted by Crippen LogP contribution is 2.20. The number of ketones is 1. The molecular formula is C17H20N2O3S. The molecule has 0 spiro atoms. The lowest BCUT2D eigenvalue weighted by atomic mass is 10.1. The van der Waals surface area contributed by atoms with Crippen molar-refractivity contribution in [3.8, 4) is 0 Å². The molecule has 0 amide bonds. The Balaban J connectivity index is 2.08. The van der Waals surface area contributed by atoms with Gasteiger partial charge in [-0.05, 0) is 49.7 Å². The van der Waals surface area contributed by atoms with E-state index in [2.05, 4.69) is 10.0 Å². The summed E-state index contributed by atoms with van der Waals surface area (Å²) in [5, 5.41) is 3.18. The Kier molecular flexibility index (Phi) is 5.39. The maximum absolute atomic E-state index is 11.7. The van der Waals surface area contributed by atoms with Gasteiger partial charge >= 0.3 is 0 Å². The van der Waals surface area contributed by atoms with E-state index in [-0.39, 0.29) is 11.5 Å². The normalized spacial score (nSPS) is 11.0. The van der Waals surface area contributed by atoms with Crippen molar-refractivity contribution in [2.45, 2.75) is 20.3 Å². The summed E-state index contributed by atoms with van der Waals surface area (Å²) in [6.45, 7) is 3.34. The van der Waals surface area contributed by atoms with Crippen LogP contribution >= 0.6 is 0 Å². The average Bonchev–Trinajstić information content (AvgIpc) is 2.49. The minimum absolute atomic E-state index is 0.00864. The highest BCUT2D eigenvalue weighted by Gasteiger charge is 2.08. The van der Waals surface area contributed by atoms with Crippen LogP contribution in [0.2, 0.25) is 0 Å². The van der Waals surface area contributed by atoms with Crippen molar-refractivity contribution in [3.63, 3.8) is 0 Å². The minimum Gasteiger partial charge on any atom is -0.356 e. The van der Waals surface area contributed by atoms with Crippen molar-refractivity contribution < 1.29 is 13.2 Å². The number of benzene rings is 2. The molecule has 0 bridgehead atoms. The molecule has 0 aliphatic rings. The van der Waals surface area contributed by atoms with Crippen molar-refractivity contribution in [1.82, 2.24) is 0 Å². The number of rotatable bonds is 7. The van der Waals surface area contributed by atoms with Gasteiger partial charge in [-0.2, -0.15) is 0 Å². The molecule has 2 rings (SSSR count). The SMILES string of the molecule is CCCS(=O)(=O)Nc1ccc(Nc2cccc(C(C)=O)c2)cc1. The summed E-state index contributed by atoms with van der Waals surface area (Å²) < 4.78 is 26.0. The van der Waals surface area contributed by atoms with Crippen LogP contribution < -0.4 is 10.0 Å². The number of nitrogens with one attached hydrogen (secondary N) is 2. The van der Waals surface area contributed by atoms with Gasteiger partial charge in [-0.15, -0.1) is 0 Å². The van der Waals surface area contributed by atoms with E-state index in [0.717, 1.165) is 11.4 Å². The van der Waals surface area contributed by atoms with E-state index in [4.69, 9.17) is 0 Å². The van der Waals surface area contributed by atoms with Crippen molar-refractivity contribution in [3.05, 3.63) is 54.1 Å². The molecule has 0 atom stereocenters. The van der Waals surface area contributed by atoms with Crippen LogP contribution in [0.3, 0.4) is 0 Å². The zero-order valence-electron chi connectivity index (χ0n) is 13.2. The zero-order chi connectivity index (χ0) is 16.9. The van der Waals surface area contributed by atoms with Gasteiger partial charge in [-0.25, -0.2) is 8.42 Å². The molecule has 2 aromatic carbocycles. The summed E-state index contributed by atoms with van der Waals surface area (Å²) >= 11 is 0. The second-order valence-electron chi connectivity index (χ2n) is 5.26. The van der Waals surface area contributed by atoms with Crippen LogP contribution in [0, 0.1) is 0 Å². The number of hydrogen-bond acceptors (Lipinski definition) is 4. The first-order chi connectivity index (χ1) is 10.9. The highest BCUT2D eigenvalue weighted by molar-refractivity contribution is 7.92. The summed E-state index contributed by atoms with van der Waals surface area (Å²) in [6, 6.07) is 14.2. The van der Waals surface area contributed by atoms with E-state index in [1.807, 2.05) is 19.1 Å². The van der Waals surface area contributed by atoms with Crippen molar-refractivity contribution >= 4 is 32.9 Å².